The van der Waals surface area contributed by atoms with Crippen molar-refractivity contribution >= 4 is 15.8 Å². The monoisotopic (exact) mass is 661 g/mol. The SMILES string of the molecule is CC(C)(C)OC(=O)[C@H](Cc1ccc(OCCS(=O)(=O)Cc2ccccc2)cc1)NC(c1ccccc1)(c1ccccc1)c1ccccc1. The summed E-state index contributed by atoms with van der Waals surface area (Å²) in [6.07, 6.45) is 0.342. The average Bonchev–Trinajstić information content (AvgIpc) is 3.08. The van der Waals surface area contributed by atoms with E-state index in [2.05, 4.69) is 41.7 Å². The van der Waals surface area contributed by atoms with Gasteiger partial charge in [-0.25, -0.2) is 8.42 Å². The van der Waals surface area contributed by atoms with Gasteiger partial charge in [-0.3, -0.25) is 10.1 Å². The van der Waals surface area contributed by atoms with E-state index in [1.807, 2.05) is 118 Å². The highest BCUT2D eigenvalue weighted by Gasteiger charge is 2.41. The molecule has 0 bridgehead atoms. The summed E-state index contributed by atoms with van der Waals surface area (Å²) in [6.45, 7) is 5.65. The Balaban J connectivity index is 1.41. The number of sulfone groups is 1. The summed E-state index contributed by atoms with van der Waals surface area (Å²) in [5, 5.41) is 3.80. The van der Waals surface area contributed by atoms with Crippen LogP contribution in [0, 0.1) is 0 Å². The van der Waals surface area contributed by atoms with Gasteiger partial charge < -0.3 is 9.47 Å². The molecule has 7 heteroatoms. The fraction of sp³-hybridized carbons (Fsp3) is 0.244. The summed E-state index contributed by atoms with van der Waals surface area (Å²) >= 11 is 0. The Morgan fingerprint density at radius 2 is 1.10 bits per heavy atom. The smallest absolute Gasteiger partial charge is 0.324 e. The molecule has 0 aromatic heterocycles. The van der Waals surface area contributed by atoms with Gasteiger partial charge in [0.05, 0.1) is 17.0 Å². The number of hydrogen-bond acceptors (Lipinski definition) is 6. The molecule has 0 radical (unpaired) electrons. The molecule has 1 atom stereocenters. The van der Waals surface area contributed by atoms with Crippen LogP contribution in [0.15, 0.2) is 146 Å². The van der Waals surface area contributed by atoms with Gasteiger partial charge in [-0.2, -0.15) is 0 Å². The van der Waals surface area contributed by atoms with Gasteiger partial charge in [-0.05, 0) is 67.1 Å². The van der Waals surface area contributed by atoms with Gasteiger partial charge in [0.25, 0.3) is 0 Å². The number of carbonyl (C=O) groups excluding carboxylic acids is 1. The van der Waals surface area contributed by atoms with Gasteiger partial charge in [-0.1, -0.05) is 133 Å². The van der Waals surface area contributed by atoms with E-state index in [1.165, 1.54) is 0 Å². The maximum atomic E-state index is 14.0. The number of nitrogens with one attached hydrogen (secondary N) is 1. The zero-order valence-electron chi connectivity index (χ0n) is 27.7. The number of rotatable bonds is 14. The average molecular weight is 662 g/mol. The second kappa shape index (κ2) is 15.5. The maximum absolute atomic E-state index is 14.0. The Morgan fingerprint density at radius 3 is 1.56 bits per heavy atom. The van der Waals surface area contributed by atoms with Crippen molar-refractivity contribution in [3.8, 4) is 5.75 Å². The van der Waals surface area contributed by atoms with E-state index in [0.717, 1.165) is 27.8 Å². The summed E-state index contributed by atoms with van der Waals surface area (Å²) in [6, 6.07) is 46.3. The molecule has 5 rings (SSSR count). The van der Waals surface area contributed by atoms with Crippen molar-refractivity contribution in [2.45, 2.75) is 50.1 Å². The summed E-state index contributed by atoms with van der Waals surface area (Å²) in [4.78, 5) is 14.0. The van der Waals surface area contributed by atoms with E-state index in [-0.39, 0.29) is 24.1 Å². The van der Waals surface area contributed by atoms with Crippen molar-refractivity contribution in [1.29, 1.82) is 0 Å². The molecular formula is C41H43NO5S. The summed E-state index contributed by atoms with van der Waals surface area (Å²) in [5.41, 5.74) is 3.05. The van der Waals surface area contributed by atoms with Crippen LogP contribution in [0.3, 0.4) is 0 Å². The molecule has 0 saturated heterocycles. The third-order valence-corrected chi connectivity index (χ3v) is 9.52. The van der Waals surface area contributed by atoms with Gasteiger partial charge in [0.15, 0.2) is 9.84 Å². The maximum Gasteiger partial charge on any atom is 0.324 e. The van der Waals surface area contributed by atoms with E-state index in [4.69, 9.17) is 9.47 Å². The molecule has 6 nitrogen and oxygen atoms in total. The first-order valence-corrected chi connectivity index (χ1v) is 18.0. The Morgan fingerprint density at radius 1 is 0.646 bits per heavy atom. The van der Waals surface area contributed by atoms with E-state index in [9.17, 15) is 13.2 Å². The predicted octanol–water partition coefficient (Wildman–Crippen LogP) is 7.51. The summed E-state index contributed by atoms with van der Waals surface area (Å²) in [7, 11) is -3.32. The van der Waals surface area contributed by atoms with Crippen LogP contribution in [0.25, 0.3) is 0 Å². The second-order valence-electron chi connectivity index (χ2n) is 12.9. The Kier molecular flexibility index (Phi) is 11.1. The molecule has 0 amide bonds. The number of benzene rings is 5. The predicted molar refractivity (Wildman–Crippen MR) is 192 cm³/mol. The minimum atomic E-state index is -3.32. The third-order valence-electron chi connectivity index (χ3n) is 7.96. The molecule has 0 unspecified atom stereocenters. The molecule has 5 aromatic carbocycles. The first-order chi connectivity index (χ1) is 23.0. The first-order valence-electron chi connectivity index (χ1n) is 16.2. The van der Waals surface area contributed by atoms with E-state index in [0.29, 0.717) is 12.2 Å². The largest absolute Gasteiger partial charge is 0.493 e. The molecule has 0 spiro atoms. The van der Waals surface area contributed by atoms with Crippen LogP contribution in [0.1, 0.15) is 48.6 Å². The fourth-order valence-corrected chi connectivity index (χ4v) is 6.97. The van der Waals surface area contributed by atoms with Crippen LogP contribution in [0.4, 0.5) is 0 Å². The Labute approximate surface area is 284 Å². The molecule has 248 valence electrons. The van der Waals surface area contributed by atoms with Crippen LogP contribution in [0.2, 0.25) is 0 Å². The summed E-state index contributed by atoms with van der Waals surface area (Å²) in [5.74, 6) is 0.0849. The highest BCUT2D eigenvalue weighted by Crippen LogP contribution is 2.38. The Hall–Kier alpha value is -4.72. The van der Waals surface area contributed by atoms with Crippen LogP contribution in [0.5, 0.6) is 5.75 Å². The lowest BCUT2D eigenvalue weighted by Crippen LogP contribution is -2.54. The van der Waals surface area contributed by atoms with E-state index in [1.54, 1.807) is 12.1 Å². The van der Waals surface area contributed by atoms with Crippen LogP contribution < -0.4 is 10.1 Å². The minimum absolute atomic E-state index is 0.0222. The van der Waals surface area contributed by atoms with Gasteiger partial charge >= 0.3 is 5.97 Å². The van der Waals surface area contributed by atoms with Gasteiger partial charge in [0.1, 0.15) is 24.0 Å². The van der Waals surface area contributed by atoms with Crippen molar-refractivity contribution in [3.05, 3.63) is 173 Å². The van der Waals surface area contributed by atoms with Gasteiger partial charge in [-0.15, -0.1) is 0 Å². The fourth-order valence-electron chi connectivity index (χ4n) is 5.79. The second-order valence-corrected chi connectivity index (χ2v) is 15.0. The zero-order valence-corrected chi connectivity index (χ0v) is 28.5. The number of carbonyl (C=O) groups is 1. The molecule has 48 heavy (non-hydrogen) atoms. The van der Waals surface area contributed by atoms with Crippen LogP contribution in [-0.4, -0.2) is 38.4 Å². The van der Waals surface area contributed by atoms with Crippen molar-refractivity contribution < 1.29 is 22.7 Å². The molecule has 1 N–H and O–H groups in total. The minimum Gasteiger partial charge on any atom is -0.493 e. The van der Waals surface area contributed by atoms with E-state index < -0.39 is 27.0 Å². The van der Waals surface area contributed by atoms with Crippen molar-refractivity contribution in [2.75, 3.05) is 12.4 Å². The van der Waals surface area contributed by atoms with Crippen molar-refractivity contribution in [3.63, 3.8) is 0 Å². The molecular weight excluding hydrogens is 619 g/mol. The summed E-state index contributed by atoms with van der Waals surface area (Å²) < 4.78 is 37.1. The van der Waals surface area contributed by atoms with Crippen LogP contribution in [-0.2, 0) is 37.1 Å². The standard InChI is InChI=1S/C41H43NO5S/c1-40(2,3)47-39(43)38(30-32-24-26-37(27-25-32)46-28-29-48(44,45)31-33-16-8-4-9-17-33)42-41(34-18-10-5-11-19-34,35-20-12-6-13-21-35)36-22-14-7-15-23-36/h4-27,38,42H,28-31H2,1-3H3/t38-/m0/s1. The quantitative estimate of drug-likeness (QED) is 0.0980. The van der Waals surface area contributed by atoms with Gasteiger partial charge in [0.2, 0.25) is 0 Å². The molecule has 0 aliphatic rings. The number of hydrogen-bond donors (Lipinski definition) is 1. The van der Waals surface area contributed by atoms with Crippen molar-refractivity contribution in [1.82, 2.24) is 5.32 Å². The first kappa shape index (κ1) is 34.6. The molecule has 0 aliphatic heterocycles. The normalized spacial score (nSPS) is 12.6. The molecule has 5 aromatic rings. The lowest BCUT2D eigenvalue weighted by Gasteiger charge is -2.40. The Bertz CT molecular complexity index is 1740. The number of ether oxygens (including phenoxy) is 2. The molecule has 0 saturated carbocycles. The lowest BCUT2D eigenvalue weighted by molar-refractivity contribution is -0.157. The molecule has 0 fully saturated rings. The molecule has 0 aliphatic carbocycles. The lowest BCUT2D eigenvalue weighted by atomic mass is 9.76. The van der Waals surface area contributed by atoms with E-state index >= 15 is 0 Å². The van der Waals surface area contributed by atoms with Crippen LogP contribution >= 0.6 is 0 Å². The highest BCUT2D eigenvalue weighted by molar-refractivity contribution is 7.90. The zero-order chi connectivity index (χ0) is 34.0. The van der Waals surface area contributed by atoms with Crippen molar-refractivity contribution in [2.24, 2.45) is 0 Å². The molecule has 0 heterocycles. The third kappa shape index (κ3) is 9.21. The number of esters is 1. The highest BCUT2D eigenvalue weighted by atomic mass is 32.2. The topological polar surface area (TPSA) is 81.7 Å². The van der Waals surface area contributed by atoms with Gasteiger partial charge in [0, 0.05) is 0 Å².